The van der Waals surface area contributed by atoms with E-state index in [4.69, 9.17) is 5.11 Å². The molecule has 3 N–H and O–H groups in total. The van der Waals surface area contributed by atoms with Gasteiger partial charge in [-0.2, -0.15) is 0 Å². The van der Waals surface area contributed by atoms with Crippen LogP contribution >= 0.6 is 15.9 Å². The Morgan fingerprint density at radius 1 is 1.35 bits per heavy atom. The highest BCUT2D eigenvalue weighted by molar-refractivity contribution is 9.10. The quantitative estimate of drug-likeness (QED) is 0.802. The molecular weight excluding hydrogens is 288 g/mol. The number of benzene rings is 1. The number of halogens is 1. The van der Waals surface area contributed by atoms with E-state index in [0.29, 0.717) is 5.69 Å². The van der Waals surface area contributed by atoms with E-state index in [-0.39, 0.29) is 0 Å². The third-order valence-corrected chi connectivity index (χ3v) is 2.48. The standard InChI is InChI=1S/C11H13BrN2O3/c1-6-3-8(12)5-9(4-6)14-11(17)13-7(2)10(15)16/h3-5,7H,1-2H3,(H,15,16)(H2,13,14,17)/t7-/m1/s1. The number of hydrogen-bond donors (Lipinski definition) is 3. The van der Waals surface area contributed by atoms with Gasteiger partial charge < -0.3 is 15.7 Å². The first-order valence-corrected chi connectivity index (χ1v) is 5.75. The molecule has 0 fully saturated rings. The summed E-state index contributed by atoms with van der Waals surface area (Å²) in [5, 5.41) is 13.5. The van der Waals surface area contributed by atoms with Crippen LogP contribution in [0.5, 0.6) is 0 Å². The zero-order valence-corrected chi connectivity index (χ0v) is 11.0. The summed E-state index contributed by atoms with van der Waals surface area (Å²) in [6.07, 6.45) is 0. The molecule has 1 aromatic carbocycles. The molecule has 5 nitrogen and oxygen atoms in total. The van der Waals surface area contributed by atoms with Crippen LogP contribution in [0.3, 0.4) is 0 Å². The lowest BCUT2D eigenvalue weighted by Crippen LogP contribution is -2.40. The lowest BCUT2D eigenvalue weighted by molar-refractivity contribution is -0.138. The number of carbonyl (C=O) groups excluding carboxylic acids is 1. The van der Waals surface area contributed by atoms with Crippen molar-refractivity contribution < 1.29 is 14.7 Å². The van der Waals surface area contributed by atoms with E-state index < -0.39 is 18.0 Å². The summed E-state index contributed by atoms with van der Waals surface area (Å²) in [7, 11) is 0. The predicted molar refractivity (Wildman–Crippen MR) is 68.1 cm³/mol. The molecule has 1 aromatic rings. The zero-order chi connectivity index (χ0) is 13.0. The van der Waals surface area contributed by atoms with Crippen molar-refractivity contribution in [2.75, 3.05) is 5.32 Å². The number of hydrogen-bond acceptors (Lipinski definition) is 2. The third kappa shape index (κ3) is 4.44. The monoisotopic (exact) mass is 300 g/mol. The Bertz CT molecular complexity index is 428. The average molecular weight is 301 g/mol. The summed E-state index contributed by atoms with van der Waals surface area (Å²) in [5.41, 5.74) is 1.59. The van der Waals surface area contributed by atoms with Gasteiger partial charge in [-0.05, 0) is 37.6 Å². The summed E-state index contributed by atoms with van der Waals surface area (Å²) < 4.78 is 0.846. The fraction of sp³-hybridized carbons (Fsp3) is 0.273. The van der Waals surface area contributed by atoms with Crippen molar-refractivity contribution in [2.45, 2.75) is 19.9 Å². The largest absolute Gasteiger partial charge is 0.480 e. The first-order chi connectivity index (χ1) is 7.88. The van der Waals surface area contributed by atoms with Crippen LogP contribution in [0, 0.1) is 6.92 Å². The molecule has 0 spiro atoms. The highest BCUT2D eigenvalue weighted by atomic mass is 79.9. The van der Waals surface area contributed by atoms with Gasteiger partial charge in [0.1, 0.15) is 6.04 Å². The summed E-state index contributed by atoms with van der Waals surface area (Å²) in [5.74, 6) is -1.08. The summed E-state index contributed by atoms with van der Waals surface area (Å²) in [4.78, 5) is 22.0. The van der Waals surface area contributed by atoms with Crippen LogP contribution in [-0.2, 0) is 4.79 Å². The first-order valence-electron chi connectivity index (χ1n) is 4.96. The molecule has 1 rings (SSSR count). The number of amides is 2. The second kappa shape index (κ2) is 5.67. The van der Waals surface area contributed by atoms with Gasteiger partial charge in [-0.3, -0.25) is 4.79 Å². The Labute approximate surface area is 107 Å². The number of aryl methyl sites for hydroxylation is 1. The second-order valence-electron chi connectivity index (χ2n) is 3.68. The van der Waals surface area contributed by atoms with Crippen molar-refractivity contribution in [3.63, 3.8) is 0 Å². The highest BCUT2D eigenvalue weighted by Gasteiger charge is 2.13. The van der Waals surface area contributed by atoms with E-state index in [1.807, 2.05) is 13.0 Å². The molecular formula is C11H13BrN2O3. The number of anilines is 1. The smallest absolute Gasteiger partial charge is 0.325 e. The van der Waals surface area contributed by atoms with Crippen molar-refractivity contribution in [1.82, 2.24) is 5.32 Å². The van der Waals surface area contributed by atoms with Crippen LogP contribution in [0.4, 0.5) is 10.5 Å². The molecule has 0 bridgehead atoms. The van der Waals surface area contributed by atoms with Crippen LogP contribution in [0.15, 0.2) is 22.7 Å². The molecule has 2 amide bonds. The molecule has 0 unspecified atom stereocenters. The van der Waals surface area contributed by atoms with Crippen molar-refractivity contribution in [2.24, 2.45) is 0 Å². The molecule has 0 aromatic heterocycles. The summed E-state index contributed by atoms with van der Waals surface area (Å²) in [6.45, 7) is 3.29. The topological polar surface area (TPSA) is 78.4 Å². The fourth-order valence-corrected chi connectivity index (χ4v) is 1.84. The van der Waals surface area contributed by atoms with Gasteiger partial charge in [0.25, 0.3) is 0 Å². The number of rotatable bonds is 3. The molecule has 6 heteroatoms. The minimum atomic E-state index is -1.08. The Hall–Kier alpha value is -1.56. The molecule has 0 saturated carbocycles. The number of aliphatic carboxylic acids is 1. The van der Waals surface area contributed by atoms with Crippen LogP contribution in [0.1, 0.15) is 12.5 Å². The van der Waals surface area contributed by atoms with Crippen LogP contribution in [0.25, 0.3) is 0 Å². The minimum absolute atomic E-state index is 0.544. The fourth-order valence-electron chi connectivity index (χ4n) is 1.23. The Kier molecular flexibility index (Phi) is 4.51. The average Bonchev–Trinajstić information content (AvgIpc) is 2.14. The van der Waals surface area contributed by atoms with Crippen LogP contribution in [-0.4, -0.2) is 23.1 Å². The van der Waals surface area contributed by atoms with E-state index >= 15 is 0 Å². The Balaban J connectivity index is 2.65. The molecule has 0 heterocycles. The number of urea groups is 1. The lowest BCUT2D eigenvalue weighted by atomic mass is 10.2. The maximum absolute atomic E-state index is 11.4. The van der Waals surface area contributed by atoms with E-state index in [2.05, 4.69) is 26.6 Å². The SMILES string of the molecule is Cc1cc(Br)cc(NC(=O)N[C@H](C)C(=O)O)c1. The molecule has 0 aliphatic carbocycles. The molecule has 17 heavy (non-hydrogen) atoms. The van der Waals surface area contributed by atoms with E-state index in [0.717, 1.165) is 10.0 Å². The van der Waals surface area contributed by atoms with Gasteiger partial charge in [0.05, 0.1) is 0 Å². The van der Waals surface area contributed by atoms with Gasteiger partial charge in [-0.25, -0.2) is 4.79 Å². The second-order valence-corrected chi connectivity index (χ2v) is 4.59. The van der Waals surface area contributed by atoms with Crippen LogP contribution < -0.4 is 10.6 Å². The number of nitrogens with one attached hydrogen (secondary N) is 2. The molecule has 0 aliphatic heterocycles. The van der Waals surface area contributed by atoms with Gasteiger partial charge in [-0.1, -0.05) is 15.9 Å². The minimum Gasteiger partial charge on any atom is -0.480 e. The normalized spacial score (nSPS) is 11.7. The Morgan fingerprint density at radius 3 is 2.53 bits per heavy atom. The van der Waals surface area contributed by atoms with Crippen LogP contribution in [0.2, 0.25) is 0 Å². The van der Waals surface area contributed by atoms with Gasteiger partial charge in [0, 0.05) is 10.2 Å². The number of carboxylic acid groups (broad SMARTS) is 1. The molecule has 1 atom stereocenters. The van der Waals surface area contributed by atoms with Gasteiger partial charge in [0.2, 0.25) is 0 Å². The summed E-state index contributed by atoms with van der Waals surface area (Å²) in [6, 6.07) is 3.96. The van der Waals surface area contributed by atoms with Crippen molar-refractivity contribution in [3.05, 3.63) is 28.2 Å². The molecule has 0 saturated heterocycles. The van der Waals surface area contributed by atoms with E-state index in [1.54, 1.807) is 12.1 Å². The van der Waals surface area contributed by atoms with Crippen molar-refractivity contribution >= 4 is 33.6 Å². The van der Waals surface area contributed by atoms with Gasteiger partial charge in [-0.15, -0.1) is 0 Å². The number of carboxylic acids is 1. The van der Waals surface area contributed by atoms with Crippen molar-refractivity contribution in [3.8, 4) is 0 Å². The highest BCUT2D eigenvalue weighted by Crippen LogP contribution is 2.18. The molecule has 92 valence electrons. The zero-order valence-electron chi connectivity index (χ0n) is 9.45. The maximum Gasteiger partial charge on any atom is 0.325 e. The number of carbonyl (C=O) groups is 2. The third-order valence-electron chi connectivity index (χ3n) is 2.02. The van der Waals surface area contributed by atoms with Gasteiger partial charge in [0.15, 0.2) is 0 Å². The predicted octanol–water partition coefficient (Wildman–Crippen LogP) is 2.35. The Morgan fingerprint density at radius 2 is 2.00 bits per heavy atom. The maximum atomic E-state index is 11.4. The first kappa shape index (κ1) is 13.5. The van der Waals surface area contributed by atoms with Crippen molar-refractivity contribution in [1.29, 1.82) is 0 Å². The lowest BCUT2D eigenvalue weighted by Gasteiger charge is -2.11. The van der Waals surface area contributed by atoms with E-state index in [9.17, 15) is 9.59 Å². The molecule has 0 aliphatic rings. The van der Waals surface area contributed by atoms with E-state index in [1.165, 1.54) is 6.92 Å². The van der Waals surface area contributed by atoms with Gasteiger partial charge >= 0.3 is 12.0 Å². The summed E-state index contributed by atoms with van der Waals surface area (Å²) >= 11 is 3.31. The molecule has 0 radical (unpaired) electrons.